The maximum Gasteiger partial charge on any atom is 3.00 e. The van der Waals surface area contributed by atoms with E-state index in [0.29, 0.717) is 12.5 Å². The number of hydrogen-bond donors (Lipinski definition) is 1. The Morgan fingerprint density at radius 3 is 0.867 bits per heavy atom. The maximum atomic E-state index is 10.1. The van der Waals surface area contributed by atoms with Crippen molar-refractivity contribution in [3.05, 3.63) is 20.8 Å². The molecule has 11 heteroatoms. The first kappa shape index (κ1) is 38.5. The van der Waals surface area contributed by atoms with E-state index < -0.39 is 35.3 Å². The Labute approximate surface area is 197 Å². The summed E-state index contributed by atoms with van der Waals surface area (Å²) in [4.78, 5) is 60.4. The summed E-state index contributed by atoms with van der Waals surface area (Å²) in [5.74, 6) is -2.43. The fourth-order valence-electron chi connectivity index (χ4n) is 0.699. The monoisotopic (exact) mass is 509 g/mol. The third-order valence-electron chi connectivity index (χ3n) is 2.07. The van der Waals surface area contributed by atoms with Crippen molar-refractivity contribution in [3.8, 4) is 0 Å². The molecule has 171 valence electrons. The summed E-state index contributed by atoms with van der Waals surface area (Å²) in [6, 6.07) is 0. The maximum absolute atomic E-state index is 10.1. The molecule has 0 aromatic carbocycles. The Morgan fingerprint density at radius 1 is 0.667 bits per heavy atom. The van der Waals surface area contributed by atoms with Crippen molar-refractivity contribution >= 4 is 35.3 Å². The van der Waals surface area contributed by atoms with Gasteiger partial charge in [0.1, 0.15) is 0 Å². The second-order valence-corrected chi connectivity index (χ2v) is 5.45. The Hall–Kier alpha value is -2.13. The van der Waals surface area contributed by atoms with Crippen LogP contribution >= 0.6 is 0 Å². The molecule has 0 aromatic heterocycles. The van der Waals surface area contributed by atoms with E-state index in [9.17, 15) is 28.8 Å². The van der Waals surface area contributed by atoms with Crippen LogP contribution in [-0.2, 0) is 69.2 Å². The molecule has 0 aliphatic rings. The Morgan fingerprint density at radius 2 is 0.833 bits per heavy atom. The topological polar surface area (TPSA) is 150 Å². The van der Waals surface area contributed by atoms with Crippen LogP contribution in [0.25, 0.3) is 0 Å². The SMILES string of the molecule is CC(C)CO.[CH2-]C(=O)CC(=O)OC.[CH2-]C(=O)CC(=O)OC.[CH2-]C(=O)CC(=O)OC.[Zr+3]. The van der Waals surface area contributed by atoms with Crippen molar-refractivity contribution in [1.29, 1.82) is 0 Å². The molecule has 0 atom stereocenters. The van der Waals surface area contributed by atoms with E-state index in [1.807, 2.05) is 13.8 Å². The number of esters is 3. The second kappa shape index (κ2) is 26.9. The number of carbonyl (C=O) groups is 6. The number of ether oxygens (including phenoxy) is 3. The number of Topliss-reactive ketones (excluding diaryl/α,β-unsaturated/α-hetero) is 3. The van der Waals surface area contributed by atoms with Gasteiger partial charge in [0.05, 0.1) is 40.6 Å². The number of rotatable bonds is 7. The summed E-state index contributed by atoms with van der Waals surface area (Å²) < 4.78 is 12.5. The third kappa shape index (κ3) is 50.1. The van der Waals surface area contributed by atoms with E-state index in [-0.39, 0.29) is 45.5 Å². The van der Waals surface area contributed by atoms with Gasteiger partial charge in [-0.25, -0.2) is 0 Å². The molecule has 0 amide bonds. The Balaban J connectivity index is -0.0000000929. The minimum atomic E-state index is -0.537. The summed E-state index contributed by atoms with van der Waals surface area (Å²) in [5.41, 5.74) is 0. The van der Waals surface area contributed by atoms with E-state index in [0.717, 1.165) is 0 Å². The first-order valence-corrected chi connectivity index (χ1v) is 8.12. The van der Waals surface area contributed by atoms with E-state index in [1.165, 1.54) is 21.3 Å². The first-order chi connectivity index (χ1) is 13.3. The van der Waals surface area contributed by atoms with Gasteiger partial charge < -0.3 is 54.5 Å². The second-order valence-electron chi connectivity index (χ2n) is 5.45. The van der Waals surface area contributed by atoms with Gasteiger partial charge in [-0.15, -0.1) is 0 Å². The zero-order chi connectivity index (χ0) is 24.0. The van der Waals surface area contributed by atoms with Crippen molar-refractivity contribution in [3.63, 3.8) is 0 Å². The smallest absolute Gasteiger partial charge is 0.469 e. The molecule has 0 spiro atoms. The largest absolute Gasteiger partial charge is 3.00 e. The van der Waals surface area contributed by atoms with Crippen LogP contribution in [0, 0.1) is 26.7 Å². The molecule has 0 aliphatic heterocycles. The average Bonchev–Trinajstić information content (AvgIpc) is 2.61. The van der Waals surface area contributed by atoms with Gasteiger partial charge >= 0.3 is 44.1 Å². The number of ketones is 3. The van der Waals surface area contributed by atoms with Crippen molar-refractivity contribution in [2.45, 2.75) is 33.1 Å². The summed E-state index contributed by atoms with van der Waals surface area (Å²) in [7, 11) is 3.68. The van der Waals surface area contributed by atoms with Crippen molar-refractivity contribution in [2.75, 3.05) is 27.9 Å². The summed E-state index contributed by atoms with van der Waals surface area (Å²) in [5, 5.41) is 8.14. The van der Waals surface area contributed by atoms with Crippen LogP contribution in [0.15, 0.2) is 0 Å². The molecule has 10 nitrogen and oxygen atoms in total. The molecule has 0 fully saturated rings. The molecule has 30 heavy (non-hydrogen) atoms. The molecule has 0 rings (SSSR count). The standard InChI is InChI=1S/3C5H7O3.C4H10O.Zr/c3*1-4(6)3-5(7)8-2;1-4(2)3-5;/h3*1,3H2,2H3;4-5H,3H2,1-2H3;/q3*-1;;+3. The molecule has 0 saturated heterocycles. The molecule has 0 aliphatic carbocycles. The number of methoxy groups -OCH3 is 3. The number of hydrogen-bond acceptors (Lipinski definition) is 10. The molecular formula is C19H31O10Zr. The normalized spacial score (nSPS) is 8.10. The van der Waals surface area contributed by atoms with Gasteiger partial charge in [0, 0.05) is 24.0 Å². The molecule has 0 unspecified atom stereocenters. The molecule has 1 radical (unpaired) electrons. The van der Waals surface area contributed by atoms with Crippen molar-refractivity contribution in [2.24, 2.45) is 5.92 Å². The molecule has 0 saturated carbocycles. The Kier molecular flexibility index (Phi) is 34.5. The van der Waals surface area contributed by atoms with E-state index in [1.54, 1.807) is 0 Å². The van der Waals surface area contributed by atoms with Crippen LogP contribution in [-0.4, -0.2) is 68.3 Å². The van der Waals surface area contributed by atoms with Gasteiger partial charge in [0.15, 0.2) is 0 Å². The fourth-order valence-corrected chi connectivity index (χ4v) is 0.699. The van der Waals surface area contributed by atoms with Gasteiger partial charge in [-0.05, 0) is 5.92 Å². The molecule has 0 bridgehead atoms. The van der Waals surface area contributed by atoms with Crippen LogP contribution in [0.1, 0.15) is 33.1 Å². The predicted octanol–water partition coefficient (Wildman–Crippen LogP) is 0.490. The predicted molar refractivity (Wildman–Crippen MR) is 103 cm³/mol. The summed E-state index contributed by atoms with van der Waals surface area (Å²) in [6.07, 6.45) is -0.677. The van der Waals surface area contributed by atoms with Crippen LogP contribution < -0.4 is 0 Å². The Bertz CT molecular complexity index is 449. The summed E-state index contributed by atoms with van der Waals surface area (Å²) in [6.45, 7) is 13.2. The van der Waals surface area contributed by atoms with Gasteiger partial charge in [-0.2, -0.15) is 0 Å². The minimum Gasteiger partial charge on any atom is -0.469 e. The first-order valence-electron chi connectivity index (χ1n) is 8.12. The van der Waals surface area contributed by atoms with E-state index >= 15 is 0 Å². The molecule has 0 heterocycles. The van der Waals surface area contributed by atoms with Gasteiger partial charge in [-0.3, -0.25) is 14.4 Å². The van der Waals surface area contributed by atoms with Gasteiger partial charge in [0.2, 0.25) is 0 Å². The zero-order valence-corrected chi connectivity index (χ0v) is 20.6. The fraction of sp³-hybridized carbons (Fsp3) is 0.526. The molecular weight excluding hydrogens is 479 g/mol. The number of aliphatic hydroxyl groups is 1. The molecule has 0 aromatic rings. The van der Waals surface area contributed by atoms with Crippen molar-refractivity contribution in [1.82, 2.24) is 0 Å². The number of aliphatic hydroxyl groups excluding tert-OH is 1. The van der Waals surface area contributed by atoms with E-state index in [2.05, 4.69) is 35.0 Å². The van der Waals surface area contributed by atoms with Gasteiger partial charge in [-0.1, -0.05) is 13.8 Å². The van der Waals surface area contributed by atoms with Crippen molar-refractivity contribution < 1.29 is 74.3 Å². The minimum absolute atomic E-state index is 0. The van der Waals surface area contributed by atoms with Gasteiger partial charge in [0.25, 0.3) is 0 Å². The average molecular weight is 511 g/mol. The van der Waals surface area contributed by atoms with Crippen LogP contribution in [0.3, 0.4) is 0 Å². The van der Waals surface area contributed by atoms with E-state index in [4.69, 9.17) is 5.11 Å². The van der Waals surface area contributed by atoms with Crippen LogP contribution in [0.4, 0.5) is 0 Å². The summed E-state index contributed by atoms with van der Waals surface area (Å²) >= 11 is 0. The quantitative estimate of drug-likeness (QED) is 0.222. The van der Waals surface area contributed by atoms with Crippen LogP contribution in [0.5, 0.6) is 0 Å². The molecule has 1 N–H and O–H groups in total. The third-order valence-corrected chi connectivity index (χ3v) is 2.07. The van der Waals surface area contributed by atoms with Crippen LogP contribution in [0.2, 0.25) is 0 Å². The zero-order valence-electron chi connectivity index (χ0n) is 18.1. The number of carbonyl (C=O) groups excluding carboxylic acids is 6.